The minimum absolute atomic E-state index is 0.0838. The molecule has 1 aromatic heterocycles. The topological polar surface area (TPSA) is 72.9 Å². The first-order chi connectivity index (χ1) is 11.5. The highest BCUT2D eigenvalue weighted by atomic mass is 16.1. The van der Waals surface area contributed by atoms with E-state index in [1.165, 1.54) is 0 Å². The van der Waals surface area contributed by atoms with Crippen molar-refractivity contribution in [3.63, 3.8) is 0 Å². The van der Waals surface area contributed by atoms with Gasteiger partial charge < -0.3 is 11.1 Å². The van der Waals surface area contributed by atoms with E-state index in [1.54, 1.807) is 0 Å². The van der Waals surface area contributed by atoms with E-state index < -0.39 is 0 Å². The third-order valence-corrected chi connectivity index (χ3v) is 4.87. The number of hydrogen-bond donors (Lipinski definition) is 2. The van der Waals surface area contributed by atoms with E-state index in [-0.39, 0.29) is 11.9 Å². The summed E-state index contributed by atoms with van der Waals surface area (Å²) < 4.78 is 1.93. The highest BCUT2D eigenvalue weighted by Gasteiger charge is 2.25. The standard InChI is InChI=1S/C19H26N4O/c1-13-10-14(2)23(22-13)18-9-4-3-6-16(18)12-21-19(24)11-15-7-5-8-17(15)20/h3-4,6,9-10,15,17H,5,7-8,11-12,20H2,1-2H3,(H,21,24)/t15-,17+/m0/s1. The third kappa shape index (κ3) is 3.67. The average molecular weight is 326 g/mol. The maximum atomic E-state index is 12.2. The second-order valence-electron chi connectivity index (χ2n) is 6.80. The van der Waals surface area contributed by atoms with Gasteiger partial charge in [-0.2, -0.15) is 5.10 Å². The Morgan fingerprint density at radius 1 is 1.33 bits per heavy atom. The van der Waals surface area contributed by atoms with Crippen molar-refractivity contribution in [2.24, 2.45) is 11.7 Å². The number of aryl methyl sites for hydroxylation is 2. The van der Waals surface area contributed by atoms with Gasteiger partial charge in [-0.3, -0.25) is 4.79 Å². The molecule has 5 nitrogen and oxygen atoms in total. The monoisotopic (exact) mass is 326 g/mol. The van der Waals surface area contributed by atoms with Crippen LogP contribution in [-0.2, 0) is 11.3 Å². The Kier molecular flexibility index (Phi) is 5.00. The number of amides is 1. The predicted molar refractivity (Wildman–Crippen MR) is 94.8 cm³/mol. The first-order valence-corrected chi connectivity index (χ1v) is 8.68. The molecule has 1 aromatic carbocycles. The van der Waals surface area contributed by atoms with E-state index >= 15 is 0 Å². The predicted octanol–water partition coefficient (Wildman–Crippen LogP) is 2.62. The zero-order valence-electron chi connectivity index (χ0n) is 14.5. The van der Waals surface area contributed by atoms with Crippen molar-refractivity contribution < 1.29 is 4.79 Å². The van der Waals surface area contributed by atoms with E-state index in [4.69, 9.17) is 5.73 Å². The quantitative estimate of drug-likeness (QED) is 0.887. The highest BCUT2D eigenvalue weighted by molar-refractivity contribution is 5.76. The number of carbonyl (C=O) groups excluding carboxylic acids is 1. The fourth-order valence-electron chi connectivity index (χ4n) is 3.56. The van der Waals surface area contributed by atoms with E-state index in [1.807, 2.05) is 42.8 Å². The molecule has 0 spiro atoms. The van der Waals surface area contributed by atoms with Crippen molar-refractivity contribution in [2.45, 2.75) is 52.1 Å². The maximum Gasteiger partial charge on any atom is 0.220 e. The molecule has 128 valence electrons. The summed E-state index contributed by atoms with van der Waals surface area (Å²) in [5, 5.41) is 7.60. The molecule has 3 rings (SSSR count). The molecule has 3 N–H and O–H groups in total. The molecule has 0 saturated heterocycles. The number of rotatable bonds is 5. The van der Waals surface area contributed by atoms with Crippen LogP contribution in [0.3, 0.4) is 0 Å². The van der Waals surface area contributed by atoms with Crippen LogP contribution in [0.2, 0.25) is 0 Å². The second kappa shape index (κ2) is 7.18. The molecule has 1 aliphatic rings. The summed E-state index contributed by atoms with van der Waals surface area (Å²) in [5.41, 5.74) is 10.2. The Hall–Kier alpha value is -2.14. The molecule has 0 radical (unpaired) electrons. The van der Waals surface area contributed by atoms with Gasteiger partial charge in [-0.25, -0.2) is 4.68 Å². The molecule has 1 heterocycles. The number of para-hydroxylation sites is 1. The van der Waals surface area contributed by atoms with E-state index in [2.05, 4.69) is 16.5 Å². The molecule has 24 heavy (non-hydrogen) atoms. The van der Waals surface area contributed by atoms with Crippen molar-refractivity contribution in [3.05, 3.63) is 47.3 Å². The van der Waals surface area contributed by atoms with Gasteiger partial charge in [0, 0.05) is 24.7 Å². The van der Waals surface area contributed by atoms with Crippen molar-refractivity contribution >= 4 is 5.91 Å². The third-order valence-electron chi connectivity index (χ3n) is 4.87. The van der Waals surface area contributed by atoms with Crippen molar-refractivity contribution in [3.8, 4) is 5.69 Å². The Morgan fingerprint density at radius 3 is 2.79 bits per heavy atom. The SMILES string of the molecule is Cc1cc(C)n(-c2ccccc2CNC(=O)C[C@@H]2CCC[C@H]2N)n1. The number of nitrogens with one attached hydrogen (secondary N) is 1. The number of nitrogens with two attached hydrogens (primary N) is 1. The summed E-state index contributed by atoms with van der Waals surface area (Å²) in [6.07, 6.45) is 3.78. The van der Waals surface area contributed by atoms with Crippen LogP contribution >= 0.6 is 0 Å². The summed E-state index contributed by atoms with van der Waals surface area (Å²) in [6.45, 7) is 4.53. The molecule has 1 amide bonds. The molecule has 5 heteroatoms. The highest BCUT2D eigenvalue weighted by Crippen LogP contribution is 2.26. The lowest BCUT2D eigenvalue weighted by Crippen LogP contribution is -2.31. The Balaban J connectivity index is 1.67. The fourth-order valence-corrected chi connectivity index (χ4v) is 3.56. The van der Waals surface area contributed by atoms with Gasteiger partial charge in [0.2, 0.25) is 5.91 Å². The molecular weight excluding hydrogens is 300 g/mol. The maximum absolute atomic E-state index is 12.2. The van der Waals surface area contributed by atoms with Crippen LogP contribution in [0, 0.1) is 19.8 Å². The van der Waals surface area contributed by atoms with Crippen LogP contribution in [0.1, 0.15) is 42.6 Å². The zero-order valence-corrected chi connectivity index (χ0v) is 14.5. The number of nitrogens with zero attached hydrogens (tertiary/aromatic N) is 2. The molecule has 1 fully saturated rings. The molecule has 2 atom stereocenters. The van der Waals surface area contributed by atoms with E-state index in [9.17, 15) is 4.79 Å². The van der Waals surface area contributed by atoms with Gasteiger partial charge in [0.25, 0.3) is 0 Å². The molecule has 0 aliphatic heterocycles. The van der Waals surface area contributed by atoms with Crippen LogP contribution in [0.4, 0.5) is 0 Å². The smallest absolute Gasteiger partial charge is 0.220 e. The van der Waals surface area contributed by atoms with Crippen molar-refractivity contribution in [2.75, 3.05) is 0 Å². The molecule has 0 bridgehead atoms. The molecule has 1 aliphatic carbocycles. The summed E-state index contributed by atoms with van der Waals surface area (Å²) >= 11 is 0. The van der Waals surface area contributed by atoms with Gasteiger partial charge in [-0.1, -0.05) is 24.6 Å². The van der Waals surface area contributed by atoms with Gasteiger partial charge >= 0.3 is 0 Å². The summed E-state index contributed by atoms with van der Waals surface area (Å²) in [6, 6.07) is 10.3. The molecule has 0 unspecified atom stereocenters. The normalized spacial score (nSPS) is 20.3. The van der Waals surface area contributed by atoms with Crippen LogP contribution < -0.4 is 11.1 Å². The van der Waals surface area contributed by atoms with Crippen molar-refractivity contribution in [1.82, 2.24) is 15.1 Å². The van der Waals surface area contributed by atoms with Crippen LogP contribution in [-0.4, -0.2) is 21.7 Å². The van der Waals surface area contributed by atoms with Gasteiger partial charge in [0.15, 0.2) is 0 Å². The minimum Gasteiger partial charge on any atom is -0.352 e. The van der Waals surface area contributed by atoms with Gasteiger partial charge in [0.05, 0.1) is 11.4 Å². The van der Waals surface area contributed by atoms with E-state index in [0.717, 1.165) is 41.9 Å². The average Bonchev–Trinajstić information content (AvgIpc) is 3.11. The van der Waals surface area contributed by atoms with Crippen LogP contribution in [0.5, 0.6) is 0 Å². The van der Waals surface area contributed by atoms with Crippen molar-refractivity contribution in [1.29, 1.82) is 0 Å². The zero-order chi connectivity index (χ0) is 17.1. The van der Waals surface area contributed by atoms with Gasteiger partial charge in [0.1, 0.15) is 0 Å². The Morgan fingerprint density at radius 2 is 2.12 bits per heavy atom. The Labute approximate surface area is 143 Å². The number of aromatic nitrogens is 2. The summed E-state index contributed by atoms with van der Waals surface area (Å²) in [7, 11) is 0. The first kappa shape index (κ1) is 16.7. The lowest BCUT2D eigenvalue weighted by molar-refractivity contribution is -0.122. The molecule has 1 saturated carbocycles. The number of benzene rings is 1. The van der Waals surface area contributed by atoms with Crippen LogP contribution in [0.15, 0.2) is 30.3 Å². The van der Waals surface area contributed by atoms with Gasteiger partial charge in [-0.05, 0) is 50.3 Å². The first-order valence-electron chi connectivity index (χ1n) is 8.68. The van der Waals surface area contributed by atoms with Crippen LogP contribution in [0.25, 0.3) is 5.69 Å². The van der Waals surface area contributed by atoms with Gasteiger partial charge in [-0.15, -0.1) is 0 Å². The van der Waals surface area contributed by atoms with E-state index in [0.29, 0.717) is 18.9 Å². The minimum atomic E-state index is 0.0838. The Bertz CT molecular complexity index is 722. The summed E-state index contributed by atoms with van der Waals surface area (Å²) in [5.74, 6) is 0.414. The largest absolute Gasteiger partial charge is 0.352 e. The second-order valence-corrected chi connectivity index (χ2v) is 6.80. The summed E-state index contributed by atoms with van der Waals surface area (Å²) in [4.78, 5) is 12.2. The lowest BCUT2D eigenvalue weighted by atomic mass is 10.00. The molecular formula is C19H26N4O. The lowest BCUT2D eigenvalue weighted by Gasteiger charge is -2.16. The number of carbonyl (C=O) groups is 1. The number of hydrogen-bond acceptors (Lipinski definition) is 3. The molecule has 2 aromatic rings. The fraction of sp³-hybridized carbons (Fsp3) is 0.474.